The maximum absolute atomic E-state index is 12.1. The summed E-state index contributed by atoms with van der Waals surface area (Å²) < 4.78 is 17.5. The molecule has 1 heterocycles. The van der Waals surface area contributed by atoms with Gasteiger partial charge in [0, 0.05) is 0 Å². The van der Waals surface area contributed by atoms with Gasteiger partial charge in [0.2, 0.25) is 0 Å². The lowest BCUT2D eigenvalue weighted by molar-refractivity contribution is 0.507. The van der Waals surface area contributed by atoms with E-state index in [4.69, 9.17) is 4.52 Å². The molecule has 2 aliphatic rings. The molecular formula is C11H10NO2P. The Bertz CT molecular complexity index is 494. The summed E-state index contributed by atoms with van der Waals surface area (Å²) in [6, 6.07) is 7.40. The number of nitrogens with one attached hydrogen (secondary N) is 1. The van der Waals surface area contributed by atoms with Crippen LogP contribution in [0.2, 0.25) is 0 Å². The Hall–Kier alpha value is -1.43. The van der Waals surface area contributed by atoms with Gasteiger partial charge in [0.15, 0.2) is 5.75 Å². The lowest BCUT2D eigenvalue weighted by Gasteiger charge is -2.03. The highest BCUT2D eigenvalue weighted by molar-refractivity contribution is 7.64. The summed E-state index contributed by atoms with van der Waals surface area (Å²) >= 11 is 0. The molecule has 1 aromatic rings. The van der Waals surface area contributed by atoms with E-state index in [0.29, 0.717) is 5.75 Å². The Labute approximate surface area is 88.0 Å². The van der Waals surface area contributed by atoms with Crippen LogP contribution >= 0.6 is 7.52 Å². The molecule has 1 N–H and O–H groups in total. The van der Waals surface area contributed by atoms with Crippen molar-refractivity contribution in [1.82, 2.24) is 0 Å². The van der Waals surface area contributed by atoms with Crippen LogP contribution in [0.3, 0.4) is 0 Å². The van der Waals surface area contributed by atoms with E-state index in [1.54, 1.807) is 6.07 Å². The van der Waals surface area contributed by atoms with Crippen LogP contribution in [0.4, 0.5) is 5.69 Å². The number of anilines is 1. The summed E-state index contributed by atoms with van der Waals surface area (Å²) in [6.45, 7) is 0. The van der Waals surface area contributed by atoms with Crippen LogP contribution in [0.1, 0.15) is 12.8 Å². The molecule has 0 amide bonds. The molecule has 1 saturated carbocycles. The zero-order valence-electron chi connectivity index (χ0n) is 8.06. The van der Waals surface area contributed by atoms with Crippen LogP contribution < -0.4 is 9.61 Å². The Morgan fingerprint density at radius 1 is 1.40 bits per heavy atom. The van der Waals surface area contributed by atoms with Crippen LogP contribution in [-0.4, -0.2) is 0 Å². The largest absolute Gasteiger partial charge is 0.424 e. The Morgan fingerprint density at radius 2 is 2.20 bits per heavy atom. The van der Waals surface area contributed by atoms with Crippen LogP contribution in [-0.2, 0) is 4.57 Å². The van der Waals surface area contributed by atoms with E-state index < -0.39 is 7.52 Å². The highest BCUT2D eigenvalue weighted by Crippen LogP contribution is 2.56. The van der Waals surface area contributed by atoms with Gasteiger partial charge in [-0.15, -0.1) is 5.73 Å². The van der Waals surface area contributed by atoms with Gasteiger partial charge in [-0.2, -0.15) is 0 Å². The van der Waals surface area contributed by atoms with Crippen LogP contribution in [0.25, 0.3) is 0 Å². The Balaban J connectivity index is 1.94. The van der Waals surface area contributed by atoms with E-state index in [1.165, 1.54) is 11.4 Å². The van der Waals surface area contributed by atoms with E-state index in [1.807, 2.05) is 18.2 Å². The molecule has 0 aromatic heterocycles. The number of hydrogen-bond donors (Lipinski definition) is 1. The summed E-state index contributed by atoms with van der Waals surface area (Å²) in [4.78, 5) is 0. The van der Waals surface area contributed by atoms with Gasteiger partial charge in [-0.3, -0.25) is 5.09 Å². The lowest BCUT2D eigenvalue weighted by atomic mass is 10.3. The summed E-state index contributed by atoms with van der Waals surface area (Å²) in [6.07, 6.45) is 2.15. The van der Waals surface area contributed by atoms with Crippen molar-refractivity contribution in [2.45, 2.75) is 12.8 Å². The predicted molar refractivity (Wildman–Crippen MR) is 59.1 cm³/mol. The zero-order chi connectivity index (χ0) is 10.3. The van der Waals surface area contributed by atoms with Crippen molar-refractivity contribution < 1.29 is 9.09 Å². The summed E-state index contributed by atoms with van der Waals surface area (Å²) in [5, 5.41) is 2.90. The fourth-order valence-electron chi connectivity index (χ4n) is 1.42. The third-order valence-corrected chi connectivity index (χ3v) is 3.83. The molecular weight excluding hydrogens is 209 g/mol. The van der Waals surface area contributed by atoms with Gasteiger partial charge in [-0.05, 0) is 30.5 Å². The number of para-hydroxylation sites is 2. The maximum Gasteiger partial charge on any atom is 0.372 e. The highest BCUT2D eigenvalue weighted by Gasteiger charge is 2.30. The average molecular weight is 219 g/mol. The van der Waals surface area contributed by atoms with Gasteiger partial charge in [0.25, 0.3) is 0 Å². The second-order valence-electron chi connectivity index (χ2n) is 3.67. The van der Waals surface area contributed by atoms with Crippen LogP contribution in [0.5, 0.6) is 5.75 Å². The molecule has 1 aromatic carbocycles. The van der Waals surface area contributed by atoms with Gasteiger partial charge in [-0.1, -0.05) is 12.1 Å². The fourth-order valence-corrected chi connectivity index (χ4v) is 2.90. The first-order valence-electron chi connectivity index (χ1n) is 4.87. The first kappa shape index (κ1) is 8.84. The van der Waals surface area contributed by atoms with Gasteiger partial charge in [0.1, 0.15) is 0 Å². The van der Waals surface area contributed by atoms with Crippen molar-refractivity contribution in [1.29, 1.82) is 0 Å². The number of allylic oxidation sites excluding steroid dienone is 1. The molecule has 1 unspecified atom stereocenters. The quantitative estimate of drug-likeness (QED) is 0.580. The summed E-state index contributed by atoms with van der Waals surface area (Å²) in [5.74, 6) is 2.19. The SMILES string of the molecule is O=P1(C=C=C2CC2)Nc2ccccc2O1. The first-order chi connectivity index (χ1) is 7.25. The monoisotopic (exact) mass is 219 g/mol. The number of rotatable bonds is 1. The third-order valence-electron chi connectivity index (χ3n) is 2.34. The molecule has 76 valence electrons. The minimum atomic E-state index is -2.87. The van der Waals surface area contributed by atoms with Gasteiger partial charge in [-0.25, -0.2) is 4.57 Å². The summed E-state index contributed by atoms with van der Waals surface area (Å²) in [7, 11) is -2.87. The minimum absolute atomic E-state index is 0.652. The van der Waals surface area contributed by atoms with Crippen molar-refractivity contribution in [3.05, 3.63) is 41.4 Å². The molecule has 1 fully saturated rings. The number of fused-ring (bicyclic) bond motifs is 1. The second kappa shape index (κ2) is 3.03. The smallest absolute Gasteiger partial charge is 0.372 e. The number of benzene rings is 1. The van der Waals surface area contributed by atoms with Gasteiger partial charge < -0.3 is 4.52 Å². The zero-order valence-corrected chi connectivity index (χ0v) is 8.96. The van der Waals surface area contributed by atoms with E-state index in [2.05, 4.69) is 10.8 Å². The number of hydrogen-bond acceptors (Lipinski definition) is 2. The standard InChI is InChI=1S/C11H10NO2P/c13-15(8-7-9-5-6-9)12-10-3-1-2-4-11(10)14-15/h1-4,8H,5-6H2,(H,12,13). The topological polar surface area (TPSA) is 38.3 Å². The molecule has 0 bridgehead atoms. The van der Waals surface area contributed by atoms with E-state index in [-0.39, 0.29) is 0 Å². The van der Waals surface area contributed by atoms with Crippen molar-refractivity contribution >= 4 is 13.2 Å². The molecule has 4 heteroatoms. The molecule has 15 heavy (non-hydrogen) atoms. The van der Waals surface area contributed by atoms with Crippen molar-refractivity contribution in [2.24, 2.45) is 0 Å². The molecule has 0 radical (unpaired) electrons. The average Bonchev–Trinajstić information content (AvgIpc) is 2.97. The fraction of sp³-hybridized carbons (Fsp3) is 0.182. The minimum Gasteiger partial charge on any atom is -0.424 e. The predicted octanol–water partition coefficient (Wildman–Crippen LogP) is 3.52. The van der Waals surface area contributed by atoms with Crippen molar-refractivity contribution in [3.63, 3.8) is 0 Å². The van der Waals surface area contributed by atoms with Crippen LogP contribution in [0, 0.1) is 0 Å². The Kier molecular flexibility index (Phi) is 1.79. The second-order valence-corrected chi connectivity index (χ2v) is 5.53. The molecule has 0 spiro atoms. The van der Waals surface area contributed by atoms with Crippen molar-refractivity contribution in [3.8, 4) is 5.75 Å². The first-order valence-corrected chi connectivity index (χ1v) is 6.57. The van der Waals surface area contributed by atoms with E-state index >= 15 is 0 Å². The molecule has 1 aliphatic heterocycles. The summed E-state index contributed by atoms with van der Waals surface area (Å²) in [5.41, 5.74) is 5.02. The third kappa shape index (κ3) is 1.72. The normalized spacial score (nSPS) is 26.0. The van der Waals surface area contributed by atoms with Gasteiger partial charge in [0.05, 0.1) is 11.5 Å². The lowest BCUT2D eigenvalue weighted by Crippen LogP contribution is -1.89. The van der Waals surface area contributed by atoms with E-state index in [9.17, 15) is 4.57 Å². The Morgan fingerprint density at radius 3 is 2.93 bits per heavy atom. The molecule has 3 rings (SSSR count). The van der Waals surface area contributed by atoms with E-state index in [0.717, 1.165) is 18.5 Å². The maximum atomic E-state index is 12.1. The molecule has 1 aliphatic carbocycles. The molecule has 1 atom stereocenters. The van der Waals surface area contributed by atoms with Gasteiger partial charge >= 0.3 is 7.52 Å². The molecule has 0 saturated heterocycles. The van der Waals surface area contributed by atoms with Crippen molar-refractivity contribution in [2.75, 3.05) is 5.09 Å². The molecule has 3 nitrogen and oxygen atoms in total. The van der Waals surface area contributed by atoms with Crippen LogP contribution in [0.15, 0.2) is 41.4 Å². The highest BCUT2D eigenvalue weighted by atomic mass is 31.2.